The van der Waals surface area contributed by atoms with Crippen molar-refractivity contribution in [1.82, 2.24) is 5.32 Å². The number of amides is 1. The van der Waals surface area contributed by atoms with Gasteiger partial charge in [-0.05, 0) is 75.8 Å². The van der Waals surface area contributed by atoms with Crippen molar-refractivity contribution >= 4 is 28.9 Å². The zero-order chi connectivity index (χ0) is 19.6. The molecule has 0 aliphatic rings. The van der Waals surface area contributed by atoms with Gasteiger partial charge >= 0.3 is 0 Å². The van der Waals surface area contributed by atoms with Gasteiger partial charge in [-0.1, -0.05) is 17.7 Å². The van der Waals surface area contributed by atoms with Crippen LogP contribution < -0.4 is 20.1 Å². The molecule has 0 spiro atoms. The molecule has 2 N–H and O–H groups in total. The number of carbonyl (C=O) groups is 1. The molecule has 0 aliphatic carbocycles. The highest BCUT2D eigenvalue weighted by Gasteiger charge is 2.06. The Bertz CT molecular complexity index is 743. The van der Waals surface area contributed by atoms with E-state index in [2.05, 4.69) is 10.6 Å². The molecule has 0 radical (unpaired) electrons. The maximum absolute atomic E-state index is 12.0. The summed E-state index contributed by atoms with van der Waals surface area (Å²) in [5.74, 6) is 1.46. The summed E-state index contributed by atoms with van der Waals surface area (Å²) in [5, 5.41) is 5.94. The minimum atomic E-state index is -0.139. The van der Waals surface area contributed by atoms with E-state index in [-0.39, 0.29) is 17.1 Å². The van der Waals surface area contributed by atoms with E-state index in [0.717, 1.165) is 17.2 Å². The summed E-state index contributed by atoms with van der Waals surface area (Å²) in [6.07, 6.45) is 1.08. The summed E-state index contributed by atoms with van der Waals surface area (Å²) in [6.45, 7) is 6.46. The first-order valence-electron chi connectivity index (χ1n) is 8.99. The molecule has 6 heteroatoms. The Kier molecular flexibility index (Phi) is 8.07. The van der Waals surface area contributed by atoms with Crippen LogP contribution in [0.4, 0.5) is 5.69 Å². The van der Waals surface area contributed by atoms with Crippen LogP contribution in [0.5, 0.6) is 11.5 Å². The molecule has 0 aliphatic heterocycles. The van der Waals surface area contributed by atoms with Crippen LogP contribution in [0.15, 0.2) is 48.5 Å². The highest BCUT2D eigenvalue weighted by atomic mass is 32.1. The minimum Gasteiger partial charge on any atom is -0.494 e. The fourth-order valence-corrected chi connectivity index (χ4v) is 2.53. The molecule has 2 aromatic rings. The Labute approximate surface area is 166 Å². The van der Waals surface area contributed by atoms with E-state index in [1.807, 2.05) is 69.3 Å². The van der Waals surface area contributed by atoms with Gasteiger partial charge in [0.1, 0.15) is 11.5 Å². The summed E-state index contributed by atoms with van der Waals surface area (Å²) in [6, 6.07) is 15.3. The normalized spacial score (nSPS) is 10.4. The fourth-order valence-electron chi connectivity index (χ4n) is 2.30. The molecule has 0 heterocycles. The third-order valence-corrected chi connectivity index (χ3v) is 3.78. The number of anilines is 1. The van der Waals surface area contributed by atoms with Gasteiger partial charge in [0.05, 0.1) is 12.7 Å². The van der Waals surface area contributed by atoms with E-state index in [4.69, 9.17) is 21.7 Å². The van der Waals surface area contributed by atoms with Gasteiger partial charge in [-0.15, -0.1) is 0 Å². The molecular formula is C21H26N2O3S. The van der Waals surface area contributed by atoms with Gasteiger partial charge in [-0.2, -0.15) is 0 Å². The van der Waals surface area contributed by atoms with Crippen LogP contribution in [-0.4, -0.2) is 23.7 Å². The maximum Gasteiger partial charge on any atom is 0.226 e. The van der Waals surface area contributed by atoms with E-state index < -0.39 is 0 Å². The predicted octanol–water partition coefficient (Wildman–Crippen LogP) is 4.45. The third-order valence-electron chi connectivity index (χ3n) is 3.57. The van der Waals surface area contributed by atoms with Gasteiger partial charge in [-0.3, -0.25) is 4.79 Å². The lowest BCUT2D eigenvalue weighted by atomic mass is 10.2. The Balaban J connectivity index is 1.66. The van der Waals surface area contributed by atoms with E-state index in [1.165, 1.54) is 5.56 Å². The molecule has 0 unspecified atom stereocenters. The van der Waals surface area contributed by atoms with Gasteiger partial charge in [0.25, 0.3) is 0 Å². The smallest absolute Gasteiger partial charge is 0.226 e. The standard InChI is InChI=1S/C21H26N2O3S/c1-15(2)26-19-12-8-17(9-13-19)22-21(27)23-20(24)5-4-14-25-18-10-6-16(3)7-11-18/h6-13,15H,4-5,14H2,1-3H3,(H2,22,23,24,27). The van der Waals surface area contributed by atoms with Crippen molar-refractivity contribution in [2.75, 3.05) is 11.9 Å². The first kappa shape index (κ1) is 20.7. The predicted molar refractivity (Wildman–Crippen MR) is 112 cm³/mol. The number of aryl methyl sites for hydroxylation is 1. The fraction of sp³-hybridized carbons (Fsp3) is 0.333. The van der Waals surface area contributed by atoms with Crippen LogP contribution in [0.1, 0.15) is 32.3 Å². The number of hydrogen-bond donors (Lipinski definition) is 2. The molecule has 2 aromatic carbocycles. The highest BCUT2D eigenvalue weighted by Crippen LogP contribution is 2.17. The maximum atomic E-state index is 12.0. The number of ether oxygens (including phenoxy) is 2. The number of thiocarbonyl (C=S) groups is 1. The average Bonchev–Trinajstić information content (AvgIpc) is 2.61. The number of benzene rings is 2. The minimum absolute atomic E-state index is 0.124. The molecule has 27 heavy (non-hydrogen) atoms. The Morgan fingerprint density at radius 3 is 2.30 bits per heavy atom. The number of rotatable bonds is 8. The molecule has 2 rings (SSSR count). The van der Waals surface area contributed by atoms with Crippen molar-refractivity contribution < 1.29 is 14.3 Å². The second kappa shape index (κ2) is 10.5. The molecule has 0 aromatic heterocycles. The number of carbonyl (C=O) groups excluding carboxylic acids is 1. The third kappa shape index (κ3) is 8.09. The summed E-state index contributed by atoms with van der Waals surface area (Å²) in [4.78, 5) is 12.0. The molecule has 0 fully saturated rings. The topological polar surface area (TPSA) is 59.6 Å². The van der Waals surface area contributed by atoms with E-state index in [1.54, 1.807) is 0 Å². The zero-order valence-corrected chi connectivity index (χ0v) is 16.8. The van der Waals surface area contributed by atoms with Gasteiger partial charge in [0.15, 0.2) is 5.11 Å². The average molecular weight is 387 g/mol. The molecule has 1 amide bonds. The van der Waals surface area contributed by atoms with Crippen LogP contribution in [0.3, 0.4) is 0 Å². The molecule has 144 valence electrons. The van der Waals surface area contributed by atoms with Crippen molar-refractivity contribution in [3.8, 4) is 11.5 Å². The summed E-state index contributed by atoms with van der Waals surface area (Å²) >= 11 is 5.18. The monoisotopic (exact) mass is 386 g/mol. The van der Waals surface area contributed by atoms with Crippen molar-refractivity contribution in [2.24, 2.45) is 0 Å². The van der Waals surface area contributed by atoms with Gasteiger partial charge < -0.3 is 20.1 Å². The van der Waals surface area contributed by atoms with Gasteiger partial charge in [-0.25, -0.2) is 0 Å². The number of nitrogens with one attached hydrogen (secondary N) is 2. The lowest BCUT2D eigenvalue weighted by Crippen LogP contribution is -2.34. The summed E-state index contributed by atoms with van der Waals surface area (Å²) in [5.41, 5.74) is 1.98. The van der Waals surface area contributed by atoms with Crippen LogP contribution >= 0.6 is 12.2 Å². The SMILES string of the molecule is Cc1ccc(OCCCC(=O)NC(=S)Nc2ccc(OC(C)C)cc2)cc1. The quantitative estimate of drug-likeness (QED) is 0.518. The summed E-state index contributed by atoms with van der Waals surface area (Å²) < 4.78 is 11.2. The Morgan fingerprint density at radius 2 is 1.67 bits per heavy atom. The van der Waals surface area contributed by atoms with Crippen molar-refractivity contribution in [2.45, 2.75) is 39.7 Å². The van der Waals surface area contributed by atoms with Crippen LogP contribution in [0.25, 0.3) is 0 Å². The van der Waals surface area contributed by atoms with E-state index >= 15 is 0 Å². The Hall–Kier alpha value is -2.60. The number of hydrogen-bond acceptors (Lipinski definition) is 4. The van der Waals surface area contributed by atoms with Crippen molar-refractivity contribution in [3.05, 3.63) is 54.1 Å². The van der Waals surface area contributed by atoms with Gasteiger partial charge in [0.2, 0.25) is 5.91 Å². The second-order valence-corrected chi connectivity index (χ2v) is 6.87. The van der Waals surface area contributed by atoms with Crippen LogP contribution in [-0.2, 0) is 4.79 Å². The van der Waals surface area contributed by atoms with Crippen molar-refractivity contribution in [1.29, 1.82) is 0 Å². The van der Waals surface area contributed by atoms with Gasteiger partial charge in [0, 0.05) is 12.1 Å². The molecule has 5 nitrogen and oxygen atoms in total. The molecular weight excluding hydrogens is 360 g/mol. The van der Waals surface area contributed by atoms with Crippen LogP contribution in [0, 0.1) is 6.92 Å². The summed E-state index contributed by atoms with van der Waals surface area (Å²) in [7, 11) is 0. The van der Waals surface area contributed by atoms with Crippen LogP contribution in [0.2, 0.25) is 0 Å². The lowest BCUT2D eigenvalue weighted by molar-refractivity contribution is -0.119. The zero-order valence-electron chi connectivity index (χ0n) is 16.0. The molecule has 0 bridgehead atoms. The molecule has 0 saturated carbocycles. The van der Waals surface area contributed by atoms with E-state index in [0.29, 0.717) is 19.4 Å². The molecule has 0 saturated heterocycles. The first-order valence-corrected chi connectivity index (χ1v) is 9.40. The molecule has 0 atom stereocenters. The highest BCUT2D eigenvalue weighted by molar-refractivity contribution is 7.80. The lowest BCUT2D eigenvalue weighted by Gasteiger charge is -2.12. The van der Waals surface area contributed by atoms with E-state index in [9.17, 15) is 4.79 Å². The second-order valence-electron chi connectivity index (χ2n) is 6.46. The van der Waals surface area contributed by atoms with Crippen molar-refractivity contribution in [3.63, 3.8) is 0 Å². The largest absolute Gasteiger partial charge is 0.494 e. The first-order chi connectivity index (χ1) is 12.9. The Morgan fingerprint density at radius 1 is 1.04 bits per heavy atom.